The van der Waals surface area contributed by atoms with Gasteiger partial charge in [-0.05, 0) is 42.2 Å². The van der Waals surface area contributed by atoms with Crippen molar-refractivity contribution < 1.29 is 4.79 Å². The standard InChI is InChI=1S/C16H17ClN2O/c1-11(13-5-4-8-18-10-13)9-16(20)19-15-7-3-6-14(17)12(15)2/h3-8,10-11H,9H2,1-2H3,(H,19,20). The van der Waals surface area contributed by atoms with Gasteiger partial charge in [-0.25, -0.2) is 0 Å². The molecular weight excluding hydrogens is 272 g/mol. The quantitative estimate of drug-likeness (QED) is 0.917. The Labute approximate surface area is 124 Å². The van der Waals surface area contributed by atoms with E-state index in [-0.39, 0.29) is 11.8 Å². The first-order chi connectivity index (χ1) is 9.58. The van der Waals surface area contributed by atoms with E-state index in [0.717, 1.165) is 16.8 Å². The van der Waals surface area contributed by atoms with Gasteiger partial charge in [0.15, 0.2) is 0 Å². The second-order valence-corrected chi connectivity index (χ2v) is 5.26. The molecule has 1 unspecified atom stereocenters. The Kier molecular flexibility index (Phi) is 4.74. The Morgan fingerprint density at radius 3 is 2.85 bits per heavy atom. The molecule has 0 saturated heterocycles. The number of aromatic nitrogens is 1. The number of amides is 1. The lowest BCUT2D eigenvalue weighted by atomic mass is 9.99. The summed E-state index contributed by atoms with van der Waals surface area (Å²) in [6, 6.07) is 9.36. The maximum Gasteiger partial charge on any atom is 0.224 e. The number of pyridine rings is 1. The first-order valence-electron chi connectivity index (χ1n) is 6.53. The molecule has 2 rings (SSSR count). The van der Waals surface area contributed by atoms with Crippen LogP contribution in [0.1, 0.15) is 30.4 Å². The summed E-state index contributed by atoms with van der Waals surface area (Å²) in [4.78, 5) is 16.2. The molecule has 0 saturated carbocycles. The largest absolute Gasteiger partial charge is 0.326 e. The van der Waals surface area contributed by atoms with Crippen molar-refractivity contribution in [3.05, 3.63) is 58.9 Å². The molecule has 2 aromatic rings. The zero-order valence-electron chi connectivity index (χ0n) is 11.6. The number of carbonyl (C=O) groups excluding carboxylic acids is 1. The predicted octanol–water partition coefficient (Wildman–Crippen LogP) is 4.18. The summed E-state index contributed by atoms with van der Waals surface area (Å²) < 4.78 is 0. The maximum atomic E-state index is 12.1. The van der Waals surface area contributed by atoms with E-state index in [1.165, 1.54) is 0 Å². The minimum Gasteiger partial charge on any atom is -0.326 e. The summed E-state index contributed by atoms with van der Waals surface area (Å²) in [5, 5.41) is 3.56. The SMILES string of the molecule is Cc1c(Cl)cccc1NC(=O)CC(C)c1cccnc1. The van der Waals surface area contributed by atoms with E-state index in [1.54, 1.807) is 12.4 Å². The third-order valence-corrected chi connectivity index (χ3v) is 3.70. The molecule has 4 heteroatoms. The fourth-order valence-electron chi connectivity index (χ4n) is 2.01. The molecule has 1 aromatic heterocycles. The van der Waals surface area contributed by atoms with Gasteiger partial charge >= 0.3 is 0 Å². The van der Waals surface area contributed by atoms with E-state index >= 15 is 0 Å². The molecule has 0 fully saturated rings. The number of hydrogen-bond donors (Lipinski definition) is 1. The van der Waals surface area contributed by atoms with E-state index in [0.29, 0.717) is 11.4 Å². The smallest absolute Gasteiger partial charge is 0.224 e. The van der Waals surface area contributed by atoms with Crippen molar-refractivity contribution in [2.24, 2.45) is 0 Å². The predicted molar refractivity (Wildman–Crippen MR) is 82.1 cm³/mol. The fraction of sp³-hybridized carbons (Fsp3) is 0.250. The van der Waals surface area contributed by atoms with Crippen molar-refractivity contribution in [2.45, 2.75) is 26.2 Å². The van der Waals surface area contributed by atoms with E-state index in [2.05, 4.69) is 10.3 Å². The Balaban J connectivity index is 2.01. The van der Waals surface area contributed by atoms with Crippen LogP contribution in [-0.2, 0) is 4.79 Å². The van der Waals surface area contributed by atoms with Crippen LogP contribution in [-0.4, -0.2) is 10.9 Å². The average Bonchev–Trinajstić information content (AvgIpc) is 2.45. The van der Waals surface area contributed by atoms with Gasteiger partial charge in [-0.1, -0.05) is 30.7 Å². The number of halogens is 1. The van der Waals surface area contributed by atoms with Crippen LogP contribution in [0, 0.1) is 6.92 Å². The number of anilines is 1. The lowest BCUT2D eigenvalue weighted by Gasteiger charge is -2.13. The maximum absolute atomic E-state index is 12.1. The van der Waals surface area contributed by atoms with Crippen molar-refractivity contribution in [3.8, 4) is 0 Å². The highest BCUT2D eigenvalue weighted by Gasteiger charge is 2.12. The van der Waals surface area contributed by atoms with Crippen LogP contribution < -0.4 is 5.32 Å². The number of benzene rings is 1. The molecule has 3 nitrogen and oxygen atoms in total. The lowest BCUT2D eigenvalue weighted by Crippen LogP contribution is -2.15. The average molecular weight is 289 g/mol. The molecule has 0 aliphatic rings. The summed E-state index contributed by atoms with van der Waals surface area (Å²) in [6.45, 7) is 3.91. The molecule has 1 amide bonds. The normalized spacial score (nSPS) is 11.9. The summed E-state index contributed by atoms with van der Waals surface area (Å²) in [6.07, 6.45) is 3.94. The summed E-state index contributed by atoms with van der Waals surface area (Å²) in [5.41, 5.74) is 2.71. The molecule has 0 bridgehead atoms. The van der Waals surface area contributed by atoms with Crippen molar-refractivity contribution in [1.82, 2.24) is 4.98 Å². The van der Waals surface area contributed by atoms with Crippen LogP contribution in [0.15, 0.2) is 42.7 Å². The molecule has 1 heterocycles. The van der Waals surface area contributed by atoms with Gasteiger partial charge in [0.2, 0.25) is 5.91 Å². The molecule has 1 atom stereocenters. The summed E-state index contributed by atoms with van der Waals surface area (Å²) >= 11 is 6.04. The van der Waals surface area contributed by atoms with E-state index in [9.17, 15) is 4.79 Å². The minimum atomic E-state index is -0.0216. The number of nitrogens with zero attached hydrogens (tertiary/aromatic N) is 1. The van der Waals surface area contributed by atoms with Crippen molar-refractivity contribution >= 4 is 23.2 Å². The van der Waals surface area contributed by atoms with Gasteiger partial charge in [0.25, 0.3) is 0 Å². The topological polar surface area (TPSA) is 42.0 Å². The minimum absolute atomic E-state index is 0.0216. The highest BCUT2D eigenvalue weighted by Crippen LogP contribution is 2.24. The van der Waals surface area contributed by atoms with Crippen molar-refractivity contribution in [1.29, 1.82) is 0 Å². The number of nitrogens with one attached hydrogen (secondary N) is 1. The van der Waals surface area contributed by atoms with Crippen molar-refractivity contribution in [2.75, 3.05) is 5.32 Å². The highest BCUT2D eigenvalue weighted by molar-refractivity contribution is 6.31. The Hall–Kier alpha value is -1.87. The molecule has 0 aliphatic heterocycles. The Morgan fingerprint density at radius 2 is 2.15 bits per heavy atom. The lowest BCUT2D eigenvalue weighted by molar-refractivity contribution is -0.116. The number of rotatable bonds is 4. The third kappa shape index (κ3) is 3.58. The van der Waals surface area contributed by atoms with Gasteiger partial charge in [0, 0.05) is 29.5 Å². The second kappa shape index (κ2) is 6.53. The number of carbonyl (C=O) groups is 1. The van der Waals surface area contributed by atoms with E-state index < -0.39 is 0 Å². The molecule has 104 valence electrons. The highest BCUT2D eigenvalue weighted by atomic mass is 35.5. The van der Waals surface area contributed by atoms with Crippen LogP contribution >= 0.6 is 11.6 Å². The van der Waals surface area contributed by atoms with Crippen molar-refractivity contribution in [3.63, 3.8) is 0 Å². The summed E-state index contributed by atoms with van der Waals surface area (Å²) in [5.74, 6) is 0.106. The van der Waals surface area contributed by atoms with E-state index in [1.807, 2.05) is 44.2 Å². The van der Waals surface area contributed by atoms with Crippen LogP contribution in [0.3, 0.4) is 0 Å². The zero-order chi connectivity index (χ0) is 14.5. The van der Waals surface area contributed by atoms with Crippen LogP contribution in [0.5, 0.6) is 0 Å². The first kappa shape index (κ1) is 14.5. The Bertz CT molecular complexity index is 599. The van der Waals surface area contributed by atoms with Gasteiger partial charge in [0.1, 0.15) is 0 Å². The van der Waals surface area contributed by atoms with Gasteiger partial charge in [-0.3, -0.25) is 9.78 Å². The monoisotopic (exact) mass is 288 g/mol. The van der Waals surface area contributed by atoms with Crippen LogP contribution in [0.2, 0.25) is 5.02 Å². The summed E-state index contributed by atoms with van der Waals surface area (Å²) in [7, 11) is 0. The first-order valence-corrected chi connectivity index (χ1v) is 6.90. The van der Waals surface area contributed by atoms with Gasteiger partial charge in [0.05, 0.1) is 0 Å². The van der Waals surface area contributed by atoms with Crippen LogP contribution in [0.4, 0.5) is 5.69 Å². The molecule has 0 radical (unpaired) electrons. The van der Waals surface area contributed by atoms with Gasteiger partial charge in [-0.15, -0.1) is 0 Å². The molecule has 1 aromatic carbocycles. The molecule has 0 spiro atoms. The molecule has 1 N–H and O–H groups in total. The second-order valence-electron chi connectivity index (χ2n) is 4.85. The Morgan fingerprint density at radius 1 is 1.35 bits per heavy atom. The zero-order valence-corrected chi connectivity index (χ0v) is 12.3. The van der Waals surface area contributed by atoms with Crippen LogP contribution in [0.25, 0.3) is 0 Å². The van der Waals surface area contributed by atoms with Gasteiger partial charge in [-0.2, -0.15) is 0 Å². The number of hydrogen-bond acceptors (Lipinski definition) is 2. The third-order valence-electron chi connectivity index (χ3n) is 3.29. The molecular formula is C16H17ClN2O. The van der Waals surface area contributed by atoms with E-state index in [4.69, 9.17) is 11.6 Å². The fourth-order valence-corrected chi connectivity index (χ4v) is 2.18. The molecule has 0 aliphatic carbocycles. The van der Waals surface area contributed by atoms with Gasteiger partial charge < -0.3 is 5.32 Å². The molecule has 20 heavy (non-hydrogen) atoms.